The first-order chi connectivity index (χ1) is 8.52. The minimum Gasteiger partial charge on any atom is -0.310 e. The summed E-state index contributed by atoms with van der Waals surface area (Å²) in [5, 5.41) is 3.10. The molecule has 0 saturated heterocycles. The molecule has 1 aliphatic carbocycles. The van der Waals surface area contributed by atoms with E-state index in [2.05, 4.69) is 11.4 Å². The summed E-state index contributed by atoms with van der Waals surface area (Å²) < 4.78 is 38.0. The molecule has 1 atom stereocenters. The van der Waals surface area contributed by atoms with Crippen molar-refractivity contribution in [3.8, 4) is 0 Å². The Morgan fingerprint density at radius 2 is 2.06 bits per heavy atom. The lowest BCUT2D eigenvalue weighted by molar-refractivity contribution is -0.137. The molecular formula is C14H16F3N. The van der Waals surface area contributed by atoms with Crippen molar-refractivity contribution in [3.63, 3.8) is 0 Å². The fraction of sp³-hybridized carbons (Fsp3) is 0.429. The molecule has 1 unspecified atom stereocenters. The third-order valence-electron chi connectivity index (χ3n) is 3.28. The van der Waals surface area contributed by atoms with Gasteiger partial charge in [-0.25, -0.2) is 0 Å². The van der Waals surface area contributed by atoms with Gasteiger partial charge in [0.15, 0.2) is 0 Å². The van der Waals surface area contributed by atoms with E-state index in [-0.39, 0.29) is 6.04 Å². The number of allylic oxidation sites excluding steroid dienone is 1. The summed E-state index contributed by atoms with van der Waals surface area (Å²) in [4.78, 5) is 0. The number of halogens is 3. The Balaban J connectivity index is 2.31. The third-order valence-corrected chi connectivity index (χ3v) is 3.28. The van der Waals surface area contributed by atoms with Gasteiger partial charge in [0.1, 0.15) is 0 Å². The maximum Gasteiger partial charge on any atom is 0.416 e. The third kappa shape index (κ3) is 2.75. The van der Waals surface area contributed by atoms with Gasteiger partial charge in [0.25, 0.3) is 0 Å². The van der Waals surface area contributed by atoms with E-state index in [1.165, 1.54) is 17.7 Å². The lowest BCUT2D eigenvalue weighted by atomic mass is 9.96. The van der Waals surface area contributed by atoms with Gasteiger partial charge in [-0.15, -0.1) is 0 Å². The van der Waals surface area contributed by atoms with Crippen LogP contribution in [0.15, 0.2) is 35.9 Å². The normalized spacial score (nSPS) is 17.7. The van der Waals surface area contributed by atoms with Crippen molar-refractivity contribution >= 4 is 0 Å². The number of hydrogen-bond donors (Lipinski definition) is 1. The van der Waals surface area contributed by atoms with Crippen LogP contribution in [0.5, 0.6) is 0 Å². The van der Waals surface area contributed by atoms with Gasteiger partial charge in [0.05, 0.1) is 11.6 Å². The van der Waals surface area contributed by atoms with Crippen molar-refractivity contribution < 1.29 is 13.2 Å². The lowest BCUT2D eigenvalue weighted by Crippen LogP contribution is -2.18. The van der Waals surface area contributed by atoms with E-state index in [9.17, 15) is 13.2 Å². The average molecular weight is 255 g/mol. The number of hydrogen-bond acceptors (Lipinski definition) is 1. The Morgan fingerprint density at radius 3 is 2.61 bits per heavy atom. The summed E-state index contributed by atoms with van der Waals surface area (Å²) in [5.74, 6) is 0. The molecule has 1 N–H and O–H groups in total. The highest BCUT2D eigenvalue weighted by molar-refractivity contribution is 5.34. The Labute approximate surface area is 105 Å². The summed E-state index contributed by atoms with van der Waals surface area (Å²) >= 11 is 0. The number of nitrogens with one attached hydrogen (secondary N) is 1. The molecule has 2 rings (SSSR count). The summed E-state index contributed by atoms with van der Waals surface area (Å²) in [6.45, 7) is 0. The number of rotatable bonds is 3. The second-order valence-corrected chi connectivity index (χ2v) is 4.52. The monoisotopic (exact) mass is 255 g/mol. The van der Waals surface area contributed by atoms with Crippen molar-refractivity contribution in [2.75, 3.05) is 7.05 Å². The quantitative estimate of drug-likeness (QED) is 0.802. The summed E-state index contributed by atoms with van der Waals surface area (Å²) in [6.07, 6.45) is 0.917. The highest BCUT2D eigenvalue weighted by atomic mass is 19.4. The predicted octanol–water partition coefficient (Wildman–Crippen LogP) is 4.08. The maximum absolute atomic E-state index is 12.7. The molecule has 0 amide bonds. The summed E-state index contributed by atoms with van der Waals surface area (Å²) in [5.41, 5.74) is 1.29. The molecule has 4 heteroatoms. The SMILES string of the molecule is CNC(C1=CCCC1)c1cccc(C(F)(F)F)c1. The maximum atomic E-state index is 12.7. The smallest absolute Gasteiger partial charge is 0.310 e. The van der Waals surface area contributed by atoms with Crippen molar-refractivity contribution in [3.05, 3.63) is 47.0 Å². The van der Waals surface area contributed by atoms with Gasteiger partial charge >= 0.3 is 6.18 Å². The topological polar surface area (TPSA) is 12.0 Å². The van der Waals surface area contributed by atoms with E-state index in [0.29, 0.717) is 5.56 Å². The van der Waals surface area contributed by atoms with Gasteiger partial charge in [0.2, 0.25) is 0 Å². The fourth-order valence-corrected chi connectivity index (χ4v) is 2.42. The van der Waals surface area contributed by atoms with Gasteiger partial charge < -0.3 is 5.32 Å². The van der Waals surface area contributed by atoms with E-state index >= 15 is 0 Å². The molecule has 0 saturated carbocycles. The van der Waals surface area contributed by atoms with Crippen LogP contribution >= 0.6 is 0 Å². The molecule has 1 aliphatic rings. The van der Waals surface area contributed by atoms with Crippen molar-refractivity contribution in [2.45, 2.75) is 31.5 Å². The zero-order chi connectivity index (χ0) is 13.2. The molecule has 0 fully saturated rings. The molecule has 0 aliphatic heterocycles. The van der Waals surface area contributed by atoms with Crippen LogP contribution in [0.1, 0.15) is 36.4 Å². The van der Waals surface area contributed by atoms with Crippen LogP contribution in [0.4, 0.5) is 13.2 Å². The van der Waals surface area contributed by atoms with Crippen LogP contribution in [0.2, 0.25) is 0 Å². The minimum absolute atomic E-state index is 0.102. The van der Waals surface area contributed by atoms with Crippen LogP contribution in [0.3, 0.4) is 0 Å². The summed E-state index contributed by atoms with van der Waals surface area (Å²) in [6, 6.07) is 5.46. The van der Waals surface area contributed by atoms with Crippen LogP contribution < -0.4 is 5.32 Å². The standard InChI is InChI=1S/C14H16F3N/c1-18-13(10-5-2-3-6-10)11-7-4-8-12(9-11)14(15,16)17/h4-5,7-9,13,18H,2-3,6H2,1H3. The van der Waals surface area contributed by atoms with E-state index < -0.39 is 11.7 Å². The van der Waals surface area contributed by atoms with Gasteiger partial charge in [-0.2, -0.15) is 13.2 Å². The van der Waals surface area contributed by atoms with Gasteiger partial charge in [-0.05, 0) is 44.0 Å². The Morgan fingerprint density at radius 1 is 1.28 bits per heavy atom. The molecule has 0 heterocycles. The first-order valence-electron chi connectivity index (χ1n) is 6.05. The molecule has 0 radical (unpaired) electrons. The Hall–Kier alpha value is -1.29. The molecule has 0 aromatic heterocycles. The largest absolute Gasteiger partial charge is 0.416 e. The summed E-state index contributed by atoms with van der Waals surface area (Å²) in [7, 11) is 1.78. The molecule has 1 aromatic rings. The molecule has 1 aromatic carbocycles. The van der Waals surface area contributed by atoms with Gasteiger partial charge in [-0.3, -0.25) is 0 Å². The zero-order valence-corrected chi connectivity index (χ0v) is 10.2. The molecule has 0 bridgehead atoms. The molecular weight excluding hydrogens is 239 g/mol. The second-order valence-electron chi connectivity index (χ2n) is 4.52. The number of alkyl halides is 3. The van der Waals surface area contributed by atoms with Crippen LogP contribution in [-0.4, -0.2) is 7.05 Å². The van der Waals surface area contributed by atoms with E-state index in [1.54, 1.807) is 13.1 Å². The number of benzene rings is 1. The van der Waals surface area contributed by atoms with Crippen LogP contribution in [0.25, 0.3) is 0 Å². The minimum atomic E-state index is -4.28. The zero-order valence-electron chi connectivity index (χ0n) is 10.2. The molecule has 18 heavy (non-hydrogen) atoms. The van der Waals surface area contributed by atoms with Crippen molar-refractivity contribution in [2.24, 2.45) is 0 Å². The van der Waals surface area contributed by atoms with E-state index in [1.807, 2.05) is 0 Å². The highest BCUT2D eigenvalue weighted by Crippen LogP contribution is 2.34. The lowest BCUT2D eigenvalue weighted by Gasteiger charge is -2.19. The molecule has 98 valence electrons. The average Bonchev–Trinajstić information content (AvgIpc) is 2.83. The Bertz CT molecular complexity index is 449. The first-order valence-corrected chi connectivity index (χ1v) is 6.05. The highest BCUT2D eigenvalue weighted by Gasteiger charge is 2.31. The van der Waals surface area contributed by atoms with E-state index in [4.69, 9.17) is 0 Å². The van der Waals surface area contributed by atoms with Crippen molar-refractivity contribution in [1.82, 2.24) is 5.32 Å². The van der Waals surface area contributed by atoms with E-state index in [0.717, 1.165) is 25.3 Å². The van der Waals surface area contributed by atoms with Gasteiger partial charge in [0, 0.05) is 0 Å². The predicted molar refractivity (Wildman–Crippen MR) is 65.2 cm³/mol. The second kappa shape index (κ2) is 5.14. The van der Waals surface area contributed by atoms with Crippen LogP contribution in [-0.2, 0) is 6.18 Å². The van der Waals surface area contributed by atoms with Crippen LogP contribution in [0, 0.1) is 0 Å². The van der Waals surface area contributed by atoms with Gasteiger partial charge in [-0.1, -0.05) is 23.8 Å². The first kappa shape index (κ1) is 13.1. The molecule has 1 nitrogen and oxygen atoms in total. The van der Waals surface area contributed by atoms with Crippen molar-refractivity contribution in [1.29, 1.82) is 0 Å². The fourth-order valence-electron chi connectivity index (χ4n) is 2.42. The number of likely N-dealkylation sites (N-methyl/N-ethyl adjacent to an activating group) is 1. The Kier molecular flexibility index (Phi) is 3.76. The molecule has 0 spiro atoms.